The molecule has 1 unspecified atom stereocenters. The predicted molar refractivity (Wildman–Crippen MR) is 76.3 cm³/mol. The van der Waals surface area contributed by atoms with Crippen molar-refractivity contribution in [3.05, 3.63) is 12.2 Å². The number of hydrazine groups is 1. The molecule has 108 valence electrons. The molecule has 1 fully saturated rings. The third kappa shape index (κ3) is 4.28. The Bertz CT molecular complexity index is 356. The fraction of sp³-hybridized carbons (Fsp3) is 0.857. The van der Waals surface area contributed by atoms with Gasteiger partial charge in [0.25, 0.3) is 0 Å². The SMILES string of the molecule is CCCn1ncnc1CC(CCC1CCCC1)NN. The van der Waals surface area contributed by atoms with Crippen LogP contribution in [0.5, 0.6) is 0 Å². The molecule has 1 aromatic rings. The predicted octanol–water partition coefficient (Wildman–Crippen LogP) is 2.03. The summed E-state index contributed by atoms with van der Waals surface area (Å²) in [4.78, 5) is 4.36. The van der Waals surface area contributed by atoms with Crippen molar-refractivity contribution in [2.45, 2.75) is 70.9 Å². The molecule has 1 aliphatic rings. The van der Waals surface area contributed by atoms with Crippen LogP contribution < -0.4 is 11.3 Å². The Balaban J connectivity index is 1.81. The molecule has 19 heavy (non-hydrogen) atoms. The second kappa shape index (κ2) is 7.60. The summed E-state index contributed by atoms with van der Waals surface area (Å²) in [6.07, 6.45) is 11.7. The smallest absolute Gasteiger partial charge is 0.138 e. The second-order valence-corrected chi connectivity index (χ2v) is 5.69. The van der Waals surface area contributed by atoms with Crippen LogP contribution in [0, 0.1) is 5.92 Å². The van der Waals surface area contributed by atoms with Crippen LogP contribution in [0.1, 0.15) is 57.7 Å². The quantitative estimate of drug-likeness (QED) is 0.557. The van der Waals surface area contributed by atoms with E-state index in [1.807, 2.05) is 4.68 Å². The summed E-state index contributed by atoms with van der Waals surface area (Å²) in [6, 6.07) is 0.320. The molecule has 0 aliphatic heterocycles. The van der Waals surface area contributed by atoms with Gasteiger partial charge in [0, 0.05) is 19.0 Å². The van der Waals surface area contributed by atoms with Gasteiger partial charge in [0.1, 0.15) is 12.2 Å². The van der Waals surface area contributed by atoms with Crippen LogP contribution >= 0.6 is 0 Å². The Kier molecular flexibility index (Phi) is 5.79. The van der Waals surface area contributed by atoms with Crippen LogP contribution in [0.2, 0.25) is 0 Å². The molecule has 0 amide bonds. The van der Waals surface area contributed by atoms with Gasteiger partial charge >= 0.3 is 0 Å². The van der Waals surface area contributed by atoms with E-state index in [4.69, 9.17) is 5.84 Å². The lowest BCUT2D eigenvalue weighted by molar-refractivity contribution is 0.396. The van der Waals surface area contributed by atoms with Gasteiger partial charge in [-0.05, 0) is 25.2 Å². The molecule has 0 aromatic carbocycles. The summed E-state index contributed by atoms with van der Waals surface area (Å²) in [5.74, 6) is 7.66. The van der Waals surface area contributed by atoms with Crippen molar-refractivity contribution in [1.29, 1.82) is 0 Å². The van der Waals surface area contributed by atoms with E-state index in [9.17, 15) is 0 Å². The summed E-state index contributed by atoms with van der Waals surface area (Å²) in [7, 11) is 0. The fourth-order valence-corrected chi connectivity index (χ4v) is 3.05. The molecule has 0 radical (unpaired) electrons. The lowest BCUT2D eigenvalue weighted by Gasteiger charge is -2.18. The third-order valence-corrected chi connectivity index (χ3v) is 4.19. The Morgan fingerprint density at radius 2 is 2.26 bits per heavy atom. The maximum absolute atomic E-state index is 5.69. The van der Waals surface area contributed by atoms with E-state index in [0.717, 1.165) is 37.5 Å². The topological polar surface area (TPSA) is 68.8 Å². The number of hydrogen-bond donors (Lipinski definition) is 2. The molecule has 5 heteroatoms. The molecule has 1 atom stereocenters. The molecule has 2 rings (SSSR count). The van der Waals surface area contributed by atoms with Crippen molar-refractivity contribution < 1.29 is 0 Å². The summed E-state index contributed by atoms with van der Waals surface area (Å²) in [5.41, 5.74) is 2.95. The van der Waals surface area contributed by atoms with Crippen LogP contribution in [0.25, 0.3) is 0 Å². The molecule has 1 heterocycles. The number of aromatic nitrogens is 3. The Morgan fingerprint density at radius 1 is 1.47 bits per heavy atom. The maximum atomic E-state index is 5.69. The van der Waals surface area contributed by atoms with Crippen LogP contribution in [-0.4, -0.2) is 20.8 Å². The van der Waals surface area contributed by atoms with Crippen LogP contribution in [-0.2, 0) is 13.0 Å². The lowest BCUT2D eigenvalue weighted by atomic mass is 9.97. The molecule has 1 saturated carbocycles. The highest BCUT2D eigenvalue weighted by Crippen LogP contribution is 2.29. The molecule has 3 N–H and O–H groups in total. The normalized spacial score (nSPS) is 18.0. The molecular weight excluding hydrogens is 238 g/mol. The van der Waals surface area contributed by atoms with Gasteiger partial charge in [0.2, 0.25) is 0 Å². The van der Waals surface area contributed by atoms with Crippen molar-refractivity contribution >= 4 is 0 Å². The first-order chi connectivity index (χ1) is 9.33. The van der Waals surface area contributed by atoms with Crippen molar-refractivity contribution in [2.75, 3.05) is 0 Å². The average Bonchev–Trinajstić information content (AvgIpc) is 3.07. The van der Waals surface area contributed by atoms with E-state index in [1.54, 1.807) is 6.33 Å². The second-order valence-electron chi connectivity index (χ2n) is 5.69. The van der Waals surface area contributed by atoms with Crippen molar-refractivity contribution in [3.8, 4) is 0 Å². The van der Waals surface area contributed by atoms with Crippen LogP contribution in [0.4, 0.5) is 0 Å². The monoisotopic (exact) mass is 265 g/mol. The highest BCUT2D eigenvalue weighted by atomic mass is 15.3. The number of hydrogen-bond acceptors (Lipinski definition) is 4. The van der Waals surface area contributed by atoms with Gasteiger partial charge < -0.3 is 0 Å². The highest BCUT2D eigenvalue weighted by Gasteiger charge is 2.18. The van der Waals surface area contributed by atoms with Gasteiger partial charge in [0.05, 0.1) is 0 Å². The number of rotatable bonds is 8. The molecule has 5 nitrogen and oxygen atoms in total. The third-order valence-electron chi connectivity index (χ3n) is 4.19. The van der Waals surface area contributed by atoms with Gasteiger partial charge in [-0.3, -0.25) is 16.0 Å². The van der Waals surface area contributed by atoms with Crippen LogP contribution in [0.15, 0.2) is 6.33 Å². The van der Waals surface area contributed by atoms with Crippen molar-refractivity contribution in [3.63, 3.8) is 0 Å². The summed E-state index contributed by atoms with van der Waals surface area (Å²) in [5, 5.41) is 4.27. The minimum Gasteiger partial charge on any atom is -0.271 e. The molecule has 1 aliphatic carbocycles. The lowest BCUT2D eigenvalue weighted by Crippen LogP contribution is -2.37. The summed E-state index contributed by atoms with van der Waals surface area (Å²) >= 11 is 0. The zero-order valence-electron chi connectivity index (χ0n) is 12.0. The molecule has 0 saturated heterocycles. The van der Waals surface area contributed by atoms with Gasteiger partial charge in [-0.2, -0.15) is 5.10 Å². The first-order valence-corrected chi connectivity index (χ1v) is 7.66. The Morgan fingerprint density at radius 3 is 2.95 bits per heavy atom. The first kappa shape index (κ1) is 14.5. The van der Waals surface area contributed by atoms with E-state index >= 15 is 0 Å². The Labute approximate surface area is 115 Å². The fourth-order valence-electron chi connectivity index (χ4n) is 3.05. The van der Waals surface area contributed by atoms with Gasteiger partial charge in [0.15, 0.2) is 0 Å². The van der Waals surface area contributed by atoms with Gasteiger partial charge in [-0.25, -0.2) is 4.98 Å². The first-order valence-electron chi connectivity index (χ1n) is 7.66. The van der Waals surface area contributed by atoms with E-state index in [1.165, 1.54) is 32.1 Å². The zero-order valence-corrected chi connectivity index (χ0v) is 12.0. The summed E-state index contributed by atoms with van der Waals surface area (Å²) in [6.45, 7) is 3.10. The molecule has 1 aromatic heterocycles. The minimum atomic E-state index is 0.320. The number of nitrogens with one attached hydrogen (secondary N) is 1. The van der Waals surface area contributed by atoms with Crippen molar-refractivity contribution in [1.82, 2.24) is 20.2 Å². The van der Waals surface area contributed by atoms with E-state index in [0.29, 0.717) is 6.04 Å². The van der Waals surface area contributed by atoms with E-state index in [2.05, 4.69) is 22.4 Å². The minimum absolute atomic E-state index is 0.320. The molecule has 0 spiro atoms. The summed E-state index contributed by atoms with van der Waals surface area (Å²) < 4.78 is 2.00. The average molecular weight is 265 g/mol. The standard InChI is InChI=1S/C14H27N5/c1-2-9-19-14(16-11-17-19)10-13(18-15)8-7-12-5-3-4-6-12/h11-13,18H,2-10,15H2,1H3. The maximum Gasteiger partial charge on any atom is 0.138 e. The molecule has 0 bridgehead atoms. The largest absolute Gasteiger partial charge is 0.271 e. The highest BCUT2D eigenvalue weighted by molar-refractivity contribution is 4.89. The van der Waals surface area contributed by atoms with E-state index in [-0.39, 0.29) is 0 Å². The van der Waals surface area contributed by atoms with Crippen molar-refractivity contribution in [2.24, 2.45) is 11.8 Å². The Hall–Kier alpha value is -0.940. The molecular formula is C14H27N5. The van der Waals surface area contributed by atoms with E-state index < -0.39 is 0 Å². The van der Waals surface area contributed by atoms with Gasteiger partial charge in [-0.15, -0.1) is 0 Å². The van der Waals surface area contributed by atoms with Crippen LogP contribution in [0.3, 0.4) is 0 Å². The number of nitrogens with zero attached hydrogens (tertiary/aromatic N) is 3. The van der Waals surface area contributed by atoms with Gasteiger partial charge in [-0.1, -0.05) is 32.6 Å². The zero-order chi connectivity index (χ0) is 13.5. The number of aryl methyl sites for hydroxylation is 1. The number of nitrogens with two attached hydrogens (primary N) is 1.